The first kappa shape index (κ1) is 9.99. The molecule has 1 rings (SSSR count). The zero-order valence-corrected chi connectivity index (χ0v) is 7.91. The van der Waals surface area contributed by atoms with E-state index in [4.69, 9.17) is 4.42 Å². The van der Waals surface area contributed by atoms with Gasteiger partial charge in [0.1, 0.15) is 5.76 Å². The number of hydrogen-bond donors (Lipinski definition) is 1. The third-order valence-corrected chi connectivity index (χ3v) is 1.98. The minimum atomic E-state index is -0.519. The lowest BCUT2D eigenvalue weighted by atomic mass is 10.1. The summed E-state index contributed by atoms with van der Waals surface area (Å²) in [4.78, 5) is 10.8. The lowest BCUT2D eigenvalue weighted by molar-refractivity contribution is 0.162. The van der Waals surface area contributed by atoms with Crippen molar-refractivity contribution in [1.82, 2.24) is 0 Å². The quantitative estimate of drug-likeness (QED) is 0.775. The Morgan fingerprint density at radius 1 is 1.54 bits per heavy atom. The average Bonchev–Trinajstić information content (AvgIpc) is 2.04. The second-order valence-electron chi connectivity index (χ2n) is 3.07. The largest absolute Gasteiger partial charge is 0.428 e. The molecule has 0 radical (unpaired) electrons. The van der Waals surface area contributed by atoms with Crippen LogP contribution in [0.3, 0.4) is 0 Å². The normalized spacial score (nSPS) is 12.8. The van der Waals surface area contributed by atoms with Crippen molar-refractivity contribution in [2.45, 2.75) is 32.8 Å². The maximum Gasteiger partial charge on any atom is 0.335 e. The van der Waals surface area contributed by atoms with E-state index in [2.05, 4.69) is 0 Å². The lowest BCUT2D eigenvalue weighted by Crippen LogP contribution is -2.04. The fourth-order valence-corrected chi connectivity index (χ4v) is 1.29. The summed E-state index contributed by atoms with van der Waals surface area (Å²) < 4.78 is 4.86. The van der Waals surface area contributed by atoms with Crippen molar-refractivity contribution in [3.05, 3.63) is 33.9 Å². The number of aliphatic hydroxyl groups excluding tert-OH is 1. The summed E-state index contributed by atoms with van der Waals surface area (Å²) in [5, 5.41) is 9.63. The molecule has 0 aliphatic carbocycles. The van der Waals surface area contributed by atoms with Crippen LogP contribution in [-0.2, 0) is 0 Å². The first-order chi connectivity index (χ1) is 6.15. The van der Waals surface area contributed by atoms with Crippen molar-refractivity contribution >= 4 is 0 Å². The van der Waals surface area contributed by atoms with Crippen LogP contribution >= 0.6 is 0 Å². The van der Waals surface area contributed by atoms with Crippen molar-refractivity contribution in [2.24, 2.45) is 0 Å². The number of aliphatic hydroxyl groups is 1. The summed E-state index contributed by atoms with van der Waals surface area (Å²) in [5.41, 5.74) is 0.339. The van der Waals surface area contributed by atoms with E-state index in [1.165, 1.54) is 6.07 Å². The summed E-state index contributed by atoms with van der Waals surface area (Å²) in [6.45, 7) is 3.69. The third kappa shape index (κ3) is 2.42. The minimum absolute atomic E-state index is 0.370. The first-order valence-corrected chi connectivity index (χ1v) is 4.44. The molecule has 0 fully saturated rings. The molecule has 0 unspecified atom stereocenters. The van der Waals surface area contributed by atoms with E-state index < -0.39 is 6.10 Å². The van der Waals surface area contributed by atoms with Crippen LogP contribution in [-0.4, -0.2) is 5.11 Å². The van der Waals surface area contributed by atoms with Crippen molar-refractivity contribution in [3.63, 3.8) is 0 Å². The van der Waals surface area contributed by atoms with Crippen molar-refractivity contribution in [1.29, 1.82) is 0 Å². The highest BCUT2D eigenvalue weighted by Gasteiger charge is 2.10. The van der Waals surface area contributed by atoms with E-state index in [1.54, 1.807) is 13.0 Å². The van der Waals surface area contributed by atoms with E-state index in [0.717, 1.165) is 6.42 Å². The molecule has 0 bridgehead atoms. The molecule has 1 aromatic rings. The summed E-state index contributed by atoms with van der Waals surface area (Å²) in [6, 6.07) is 2.96. The van der Waals surface area contributed by atoms with Gasteiger partial charge in [0.05, 0.1) is 6.10 Å². The molecule has 0 aliphatic heterocycles. The van der Waals surface area contributed by atoms with Crippen LogP contribution in [0.4, 0.5) is 0 Å². The molecule has 3 nitrogen and oxygen atoms in total. The maximum atomic E-state index is 10.8. The monoisotopic (exact) mass is 182 g/mol. The second-order valence-corrected chi connectivity index (χ2v) is 3.07. The smallest absolute Gasteiger partial charge is 0.335 e. The van der Waals surface area contributed by atoms with Gasteiger partial charge in [0.25, 0.3) is 0 Å². The van der Waals surface area contributed by atoms with Gasteiger partial charge in [-0.25, -0.2) is 4.79 Å². The van der Waals surface area contributed by atoms with Gasteiger partial charge in [-0.15, -0.1) is 0 Å². The second kappa shape index (κ2) is 4.23. The van der Waals surface area contributed by atoms with Crippen LogP contribution in [0.1, 0.15) is 37.2 Å². The van der Waals surface area contributed by atoms with Crippen LogP contribution in [0, 0.1) is 6.92 Å². The Morgan fingerprint density at radius 3 is 2.77 bits per heavy atom. The molecule has 1 aromatic heterocycles. The van der Waals surface area contributed by atoms with Gasteiger partial charge in [0.2, 0.25) is 0 Å². The third-order valence-electron chi connectivity index (χ3n) is 1.98. The van der Waals surface area contributed by atoms with Gasteiger partial charge in [-0.3, -0.25) is 0 Å². The molecule has 0 aliphatic rings. The molecular weight excluding hydrogens is 168 g/mol. The fraction of sp³-hybridized carbons (Fsp3) is 0.500. The minimum Gasteiger partial charge on any atom is -0.428 e. The van der Waals surface area contributed by atoms with Crippen molar-refractivity contribution in [2.75, 3.05) is 0 Å². The van der Waals surface area contributed by atoms with Crippen LogP contribution in [0.5, 0.6) is 0 Å². The topological polar surface area (TPSA) is 50.4 Å². The van der Waals surface area contributed by atoms with Gasteiger partial charge in [-0.05, 0) is 19.4 Å². The maximum absolute atomic E-state index is 10.8. The number of aryl methyl sites for hydroxylation is 1. The SMILES string of the molecule is CCC[C@H](O)c1ccc(=O)oc1C. The number of hydrogen-bond acceptors (Lipinski definition) is 3. The predicted octanol–water partition coefficient (Wildman–Crippen LogP) is 1.78. The standard InChI is InChI=1S/C10H14O3/c1-3-4-9(11)8-5-6-10(12)13-7(8)2/h5-6,9,11H,3-4H2,1-2H3/t9-/m0/s1. The zero-order chi connectivity index (χ0) is 9.84. The number of rotatable bonds is 3. The molecule has 13 heavy (non-hydrogen) atoms. The average molecular weight is 182 g/mol. The Labute approximate surface area is 77.0 Å². The van der Waals surface area contributed by atoms with Gasteiger partial charge in [-0.2, -0.15) is 0 Å². The van der Waals surface area contributed by atoms with Crippen LogP contribution in [0.2, 0.25) is 0 Å². The predicted molar refractivity (Wildman–Crippen MR) is 49.6 cm³/mol. The van der Waals surface area contributed by atoms with Gasteiger partial charge in [0.15, 0.2) is 0 Å². The van der Waals surface area contributed by atoms with Crippen LogP contribution < -0.4 is 5.63 Å². The van der Waals surface area contributed by atoms with Gasteiger partial charge < -0.3 is 9.52 Å². The molecule has 0 spiro atoms. The van der Waals surface area contributed by atoms with Crippen LogP contribution in [0.15, 0.2) is 21.3 Å². The van der Waals surface area contributed by atoms with Gasteiger partial charge in [-0.1, -0.05) is 13.3 Å². The highest BCUT2D eigenvalue weighted by Crippen LogP contribution is 2.19. The highest BCUT2D eigenvalue weighted by molar-refractivity contribution is 5.18. The van der Waals surface area contributed by atoms with Gasteiger partial charge >= 0.3 is 5.63 Å². The van der Waals surface area contributed by atoms with Gasteiger partial charge in [0, 0.05) is 11.6 Å². The Bertz CT molecular complexity index is 327. The molecule has 0 aromatic carbocycles. The first-order valence-electron chi connectivity index (χ1n) is 4.44. The van der Waals surface area contributed by atoms with E-state index in [1.807, 2.05) is 6.92 Å². The summed E-state index contributed by atoms with van der Waals surface area (Å²) in [5.74, 6) is 0.508. The van der Waals surface area contributed by atoms with Crippen LogP contribution in [0.25, 0.3) is 0 Å². The highest BCUT2D eigenvalue weighted by atomic mass is 16.4. The Hall–Kier alpha value is -1.09. The summed E-state index contributed by atoms with van der Waals surface area (Å²) in [6.07, 6.45) is 1.07. The Morgan fingerprint density at radius 2 is 2.23 bits per heavy atom. The van der Waals surface area contributed by atoms with Crippen molar-refractivity contribution < 1.29 is 9.52 Å². The summed E-state index contributed by atoms with van der Waals surface area (Å²) >= 11 is 0. The van der Waals surface area contributed by atoms with E-state index in [0.29, 0.717) is 17.7 Å². The lowest BCUT2D eigenvalue weighted by Gasteiger charge is -2.10. The Kier molecular flexibility index (Phi) is 3.25. The van der Waals surface area contributed by atoms with Crippen molar-refractivity contribution in [3.8, 4) is 0 Å². The molecule has 1 N–H and O–H groups in total. The fourth-order valence-electron chi connectivity index (χ4n) is 1.29. The summed E-state index contributed by atoms with van der Waals surface area (Å²) in [7, 11) is 0. The molecule has 0 saturated carbocycles. The van der Waals surface area contributed by atoms with E-state index in [-0.39, 0.29) is 5.63 Å². The molecule has 72 valence electrons. The zero-order valence-electron chi connectivity index (χ0n) is 7.91. The Balaban J connectivity index is 2.94. The molecule has 0 amide bonds. The van der Waals surface area contributed by atoms with E-state index in [9.17, 15) is 9.90 Å². The molecule has 3 heteroatoms. The molecule has 1 atom stereocenters. The van der Waals surface area contributed by atoms with E-state index >= 15 is 0 Å². The molecule has 0 saturated heterocycles. The molecular formula is C10H14O3. The molecule has 1 heterocycles.